The molecule has 6 heteroatoms. The predicted molar refractivity (Wildman–Crippen MR) is 76.5 cm³/mol. The summed E-state index contributed by atoms with van der Waals surface area (Å²) in [7, 11) is 0. The minimum Gasteiger partial charge on any atom is -0.462 e. The molecule has 0 spiro atoms. The van der Waals surface area contributed by atoms with Crippen molar-refractivity contribution in [2.24, 2.45) is 0 Å². The monoisotopic (exact) mass is 295 g/mol. The van der Waals surface area contributed by atoms with Gasteiger partial charge in [0.05, 0.1) is 26.4 Å². The van der Waals surface area contributed by atoms with Gasteiger partial charge in [0.2, 0.25) is 0 Å². The number of carbonyl (C=O) groups excluding carboxylic acids is 1. The second-order valence-corrected chi connectivity index (χ2v) is 4.84. The molecule has 1 saturated heterocycles. The fourth-order valence-corrected chi connectivity index (χ4v) is 2.50. The van der Waals surface area contributed by atoms with E-state index in [-0.39, 0.29) is 23.9 Å². The van der Waals surface area contributed by atoms with E-state index >= 15 is 0 Å². The Morgan fingerprint density at radius 3 is 2.62 bits per heavy atom. The third-order valence-electron chi connectivity index (χ3n) is 3.52. The van der Waals surface area contributed by atoms with Crippen molar-refractivity contribution >= 4 is 5.97 Å². The number of nitrogens with zero attached hydrogens (tertiary/aromatic N) is 1. The molecule has 6 nitrogen and oxygen atoms in total. The van der Waals surface area contributed by atoms with Crippen molar-refractivity contribution in [2.45, 2.75) is 40.0 Å². The Kier molecular flexibility index (Phi) is 5.14. The number of carbonyl (C=O) groups is 1. The first kappa shape index (κ1) is 15.7. The van der Waals surface area contributed by atoms with E-state index in [2.05, 4.69) is 0 Å². The van der Waals surface area contributed by atoms with E-state index in [1.807, 2.05) is 11.5 Å². The van der Waals surface area contributed by atoms with Gasteiger partial charge < -0.3 is 18.8 Å². The zero-order valence-electron chi connectivity index (χ0n) is 12.7. The zero-order valence-corrected chi connectivity index (χ0v) is 12.7. The summed E-state index contributed by atoms with van der Waals surface area (Å²) in [6.45, 7) is 7.24. The number of pyridine rings is 1. The molecule has 1 aliphatic heterocycles. The van der Waals surface area contributed by atoms with Crippen LogP contribution in [-0.4, -0.2) is 36.6 Å². The van der Waals surface area contributed by atoms with Crippen molar-refractivity contribution < 1.29 is 19.0 Å². The second kappa shape index (κ2) is 6.87. The first-order chi connectivity index (χ1) is 10.1. The first-order valence-electron chi connectivity index (χ1n) is 7.21. The lowest BCUT2D eigenvalue weighted by Crippen LogP contribution is -2.28. The standard InChI is InChI=1S/C15H21NO5/c1-4-12-10(3)14(17)11(15(18)19-5-2)8-16(12)9-13-20-6-7-21-13/h8,13H,4-7,9H2,1-3H3. The lowest BCUT2D eigenvalue weighted by molar-refractivity contribution is -0.0530. The van der Waals surface area contributed by atoms with E-state index in [1.54, 1.807) is 20.0 Å². The molecule has 0 aromatic carbocycles. The maximum Gasteiger partial charge on any atom is 0.343 e. The fraction of sp³-hybridized carbons (Fsp3) is 0.600. The van der Waals surface area contributed by atoms with Gasteiger partial charge in [0.15, 0.2) is 11.7 Å². The van der Waals surface area contributed by atoms with Crippen LogP contribution in [0.1, 0.15) is 35.5 Å². The first-order valence-corrected chi connectivity index (χ1v) is 7.21. The molecule has 0 amide bonds. The van der Waals surface area contributed by atoms with Gasteiger partial charge in [-0.15, -0.1) is 0 Å². The van der Waals surface area contributed by atoms with Crippen molar-refractivity contribution in [1.82, 2.24) is 4.57 Å². The van der Waals surface area contributed by atoms with Crippen LogP contribution >= 0.6 is 0 Å². The molecule has 0 N–H and O–H groups in total. The number of ether oxygens (including phenoxy) is 3. The Morgan fingerprint density at radius 1 is 1.38 bits per heavy atom. The average molecular weight is 295 g/mol. The molecule has 1 aliphatic rings. The molecule has 0 bridgehead atoms. The summed E-state index contributed by atoms with van der Waals surface area (Å²) in [5.74, 6) is -0.588. The molecule has 0 atom stereocenters. The van der Waals surface area contributed by atoms with E-state index in [1.165, 1.54) is 0 Å². The predicted octanol–water partition coefficient (Wildman–Crippen LogP) is 1.27. The SMILES string of the molecule is CCOC(=O)c1cn(CC2OCCO2)c(CC)c(C)c1=O. The van der Waals surface area contributed by atoms with Crippen LogP contribution in [0.3, 0.4) is 0 Å². The largest absolute Gasteiger partial charge is 0.462 e. The second-order valence-electron chi connectivity index (χ2n) is 4.84. The number of hydrogen-bond donors (Lipinski definition) is 0. The molecule has 1 aromatic heterocycles. The van der Waals surface area contributed by atoms with Crippen molar-refractivity contribution in [3.63, 3.8) is 0 Å². The van der Waals surface area contributed by atoms with Crippen LogP contribution in [0.2, 0.25) is 0 Å². The third kappa shape index (κ3) is 3.33. The molecule has 1 fully saturated rings. The highest BCUT2D eigenvalue weighted by Crippen LogP contribution is 2.13. The summed E-state index contributed by atoms with van der Waals surface area (Å²) in [4.78, 5) is 24.2. The molecule has 1 aromatic rings. The quantitative estimate of drug-likeness (QED) is 0.765. The van der Waals surface area contributed by atoms with E-state index in [4.69, 9.17) is 14.2 Å². The average Bonchev–Trinajstić information content (AvgIpc) is 2.96. The summed E-state index contributed by atoms with van der Waals surface area (Å²) in [5.41, 5.74) is 1.24. The van der Waals surface area contributed by atoms with Gasteiger partial charge in [-0.3, -0.25) is 4.79 Å². The molecule has 2 heterocycles. The summed E-state index contributed by atoms with van der Waals surface area (Å²) in [5, 5.41) is 0. The van der Waals surface area contributed by atoms with Gasteiger partial charge in [-0.2, -0.15) is 0 Å². The smallest absolute Gasteiger partial charge is 0.343 e. The number of hydrogen-bond acceptors (Lipinski definition) is 5. The van der Waals surface area contributed by atoms with Crippen LogP contribution in [0.4, 0.5) is 0 Å². The molecule has 0 unspecified atom stereocenters. The van der Waals surface area contributed by atoms with Crippen LogP contribution in [0.15, 0.2) is 11.0 Å². The highest BCUT2D eigenvalue weighted by Gasteiger charge is 2.21. The number of rotatable bonds is 5. The van der Waals surface area contributed by atoms with Crippen LogP contribution < -0.4 is 5.43 Å². The lowest BCUT2D eigenvalue weighted by atomic mass is 10.1. The minimum atomic E-state index is -0.588. The Morgan fingerprint density at radius 2 is 2.05 bits per heavy atom. The Balaban J connectivity index is 2.41. The molecular formula is C15H21NO5. The van der Waals surface area contributed by atoms with Gasteiger partial charge in [0.1, 0.15) is 5.56 Å². The normalized spacial score (nSPS) is 15.4. The highest BCUT2D eigenvalue weighted by molar-refractivity contribution is 5.89. The molecule has 2 rings (SSSR count). The summed E-state index contributed by atoms with van der Waals surface area (Å²) >= 11 is 0. The summed E-state index contributed by atoms with van der Waals surface area (Å²) in [6.07, 6.45) is 1.90. The van der Waals surface area contributed by atoms with Crippen LogP contribution in [0.25, 0.3) is 0 Å². The van der Waals surface area contributed by atoms with Crippen molar-refractivity contribution in [3.05, 3.63) is 33.2 Å². The van der Waals surface area contributed by atoms with E-state index < -0.39 is 5.97 Å². The van der Waals surface area contributed by atoms with Crippen LogP contribution in [0, 0.1) is 6.92 Å². The summed E-state index contributed by atoms with van der Waals surface area (Å²) in [6, 6.07) is 0. The van der Waals surface area contributed by atoms with Crippen LogP contribution in [-0.2, 0) is 27.2 Å². The zero-order chi connectivity index (χ0) is 15.4. The minimum absolute atomic E-state index is 0.0598. The van der Waals surface area contributed by atoms with Crippen LogP contribution in [0.5, 0.6) is 0 Å². The van der Waals surface area contributed by atoms with Crippen molar-refractivity contribution in [2.75, 3.05) is 19.8 Å². The molecule has 0 saturated carbocycles. The molecule has 0 radical (unpaired) electrons. The molecular weight excluding hydrogens is 274 g/mol. The third-order valence-corrected chi connectivity index (χ3v) is 3.52. The van der Waals surface area contributed by atoms with E-state index in [0.717, 1.165) is 5.69 Å². The van der Waals surface area contributed by atoms with Gasteiger partial charge in [0.25, 0.3) is 0 Å². The lowest BCUT2D eigenvalue weighted by Gasteiger charge is -2.19. The van der Waals surface area contributed by atoms with Gasteiger partial charge >= 0.3 is 5.97 Å². The maximum absolute atomic E-state index is 12.3. The Labute approximate surface area is 123 Å². The van der Waals surface area contributed by atoms with Gasteiger partial charge in [0, 0.05) is 17.5 Å². The molecule has 116 valence electrons. The van der Waals surface area contributed by atoms with Gasteiger partial charge in [-0.25, -0.2) is 4.79 Å². The summed E-state index contributed by atoms with van der Waals surface area (Å²) < 4.78 is 17.7. The Bertz CT molecular complexity index is 572. The Hall–Kier alpha value is -1.66. The number of esters is 1. The van der Waals surface area contributed by atoms with Crippen molar-refractivity contribution in [1.29, 1.82) is 0 Å². The van der Waals surface area contributed by atoms with Crippen molar-refractivity contribution in [3.8, 4) is 0 Å². The van der Waals surface area contributed by atoms with E-state index in [0.29, 0.717) is 31.7 Å². The highest BCUT2D eigenvalue weighted by atomic mass is 16.7. The number of aromatic nitrogens is 1. The molecule has 21 heavy (non-hydrogen) atoms. The van der Waals surface area contributed by atoms with Gasteiger partial charge in [-0.1, -0.05) is 6.92 Å². The van der Waals surface area contributed by atoms with Gasteiger partial charge in [-0.05, 0) is 20.3 Å². The molecule has 0 aliphatic carbocycles. The maximum atomic E-state index is 12.3. The fourth-order valence-electron chi connectivity index (χ4n) is 2.50. The van der Waals surface area contributed by atoms with E-state index in [9.17, 15) is 9.59 Å². The topological polar surface area (TPSA) is 66.8 Å².